The molecule has 3 aromatic rings. The van der Waals surface area contributed by atoms with Crippen molar-refractivity contribution in [3.8, 4) is 10.4 Å². The van der Waals surface area contributed by atoms with Crippen molar-refractivity contribution < 1.29 is 9.59 Å². The Balaban J connectivity index is 1.64. The first-order valence-electron chi connectivity index (χ1n) is 10.5. The largest absolute Gasteiger partial charge is 0.348 e. The molecule has 31 heavy (non-hydrogen) atoms. The number of amides is 2. The van der Waals surface area contributed by atoms with E-state index in [-0.39, 0.29) is 11.8 Å². The van der Waals surface area contributed by atoms with Crippen LogP contribution in [-0.4, -0.2) is 53.8 Å². The van der Waals surface area contributed by atoms with Gasteiger partial charge in [0.2, 0.25) is 5.91 Å². The number of benzene rings is 1. The molecule has 2 aromatic heterocycles. The van der Waals surface area contributed by atoms with Gasteiger partial charge in [0.15, 0.2) is 0 Å². The zero-order chi connectivity index (χ0) is 21.8. The molecule has 0 aliphatic carbocycles. The molecule has 0 radical (unpaired) electrons. The molecule has 0 spiro atoms. The monoisotopic (exact) mass is 433 g/mol. The van der Waals surface area contributed by atoms with Gasteiger partial charge >= 0.3 is 0 Å². The summed E-state index contributed by atoms with van der Waals surface area (Å²) >= 11 is 1.71. The molecule has 1 aliphatic heterocycles. The van der Waals surface area contributed by atoms with Crippen molar-refractivity contribution in [3.63, 3.8) is 0 Å². The Hall–Kier alpha value is -2.99. The quantitative estimate of drug-likeness (QED) is 0.601. The molecule has 1 atom stereocenters. The Morgan fingerprint density at radius 1 is 1.13 bits per heavy atom. The van der Waals surface area contributed by atoms with Crippen LogP contribution in [0.25, 0.3) is 10.4 Å². The number of pyridine rings is 1. The molecule has 6 heteroatoms. The lowest BCUT2D eigenvalue weighted by molar-refractivity contribution is -0.142. The van der Waals surface area contributed by atoms with Crippen LogP contribution >= 0.6 is 11.3 Å². The minimum Gasteiger partial charge on any atom is -0.348 e. The first-order chi connectivity index (χ1) is 15.0. The zero-order valence-corrected chi connectivity index (χ0v) is 18.8. The van der Waals surface area contributed by atoms with Gasteiger partial charge in [0.1, 0.15) is 0 Å². The van der Waals surface area contributed by atoms with Gasteiger partial charge in [-0.15, -0.1) is 11.3 Å². The van der Waals surface area contributed by atoms with Gasteiger partial charge < -0.3 is 9.80 Å². The van der Waals surface area contributed by atoms with E-state index in [1.165, 1.54) is 10.4 Å². The maximum Gasteiger partial charge on any atom is 0.253 e. The fourth-order valence-corrected chi connectivity index (χ4v) is 5.24. The second-order valence-electron chi connectivity index (χ2n) is 8.40. The Bertz CT molecular complexity index is 1050. The highest BCUT2D eigenvalue weighted by atomic mass is 32.1. The molecule has 0 saturated carbocycles. The normalized spacial score (nSPS) is 18.6. The topological polar surface area (TPSA) is 53.5 Å². The molecule has 2 amide bonds. The highest BCUT2D eigenvalue weighted by Crippen LogP contribution is 2.37. The van der Waals surface area contributed by atoms with Crippen molar-refractivity contribution in [1.82, 2.24) is 14.8 Å². The van der Waals surface area contributed by atoms with Gasteiger partial charge in [-0.2, -0.15) is 0 Å². The molecule has 160 valence electrons. The third-order valence-electron chi connectivity index (χ3n) is 5.93. The lowest BCUT2D eigenvalue weighted by Gasteiger charge is -2.43. The van der Waals surface area contributed by atoms with Crippen LogP contribution < -0.4 is 0 Å². The van der Waals surface area contributed by atoms with Crippen LogP contribution in [0, 0.1) is 5.41 Å². The van der Waals surface area contributed by atoms with E-state index < -0.39 is 5.41 Å². The maximum absolute atomic E-state index is 13.4. The minimum absolute atomic E-state index is 0.0367. The Labute approximate surface area is 187 Å². The van der Waals surface area contributed by atoms with Crippen molar-refractivity contribution in [2.75, 3.05) is 27.2 Å². The molecule has 3 heterocycles. The number of piperidine rings is 1. The second kappa shape index (κ2) is 9.02. The summed E-state index contributed by atoms with van der Waals surface area (Å²) in [5.74, 6) is 0.0478. The molecule has 1 fully saturated rings. The summed E-state index contributed by atoms with van der Waals surface area (Å²) in [7, 11) is 3.60. The zero-order valence-electron chi connectivity index (χ0n) is 18.0. The summed E-state index contributed by atoms with van der Waals surface area (Å²) < 4.78 is 0. The van der Waals surface area contributed by atoms with Crippen molar-refractivity contribution in [3.05, 3.63) is 77.4 Å². The predicted octanol–water partition coefficient (Wildman–Crippen LogP) is 4.36. The number of carbonyl (C=O) groups excluding carboxylic acids is 2. The highest BCUT2D eigenvalue weighted by Gasteiger charge is 2.44. The van der Waals surface area contributed by atoms with E-state index in [0.717, 1.165) is 18.4 Å². The Morgan fingerprint density at radius 2 is 1.94 bits per heavy atom. The van der Waals surface area contributed by atoms with Crippen molar-refractivity contribution in [1.29, 1.82) is 0 Å². The molecule has 0 N–H and O–H groups in total. The molecule has 1 saturated heterocycles. The van der Waals surface area contributed by atoms with Crippen LogP contribution in [0.4, 0.5) is 0 Å². The fourth-order valence-electron chi connectivity index (χ4n) is 4.52. The lowest BCUT2D eigenvalue weighted by atomic mass is 9.73. The number of thiophene rings is 1. The van der Waals surface area contributed by atoms with Crippen LogP contribution in [0.2, 0.25) is 0 Å². The number of nitrogens with zero attached hydrogens (tertiary/aromatic N) is 3. The maximum atomic E-state index is 13.4. The summed E-state index contributed by atoms with van der Waals surface area (Å²) in [6, 6.07) is 16.1. The molecule has 1 aromatic carbocycles. The van der Waals surface area contributed by atoms with E-state index >= 15 is 0 Å². The van der Waals surface area contributed by atoms with E-state index in [4.69, 9.17) is 0 Å². The van der Waals surface area contributed by atoms with Gasteiger partial charge in [0.25, 0.3) is 5.91 Å². The average Bonchev–Trinajstić information content (AvgIpc) is 3.34. The van der Waals surface area contributed by atoms with Gasteiger partial charge in [-0.05, 0) is 54.0 Å². The Kier molecular flexibility index (Phi) is 6.18. The van der Waals surface area contributed by atoms with Crippen LogP contribution in [-0.2, 0) is 11.2 Å². The second-order valence-corrected chi connectivity index (χ2v) is 9.35. The third kappa shape index (κ3) is 4.54. The SMILES string of the molecule is CN(C)C(=O)[C@]1(Cc2cccc(-c3cccs3)c2)CCCN(C(=O)c2ccncc2)C1. The van der Waals surface area contributed by atoms with Gasteiger partial charge in [-0.1, -0.05) is 30.3 Å². The molecule has 4 rings (SSSR count). The molecule has 5 nitrogen and oxygen atoms in total. The van der Waals surface area contributed by atoms with Gasteiger partial charge in [0, 0.05) is 50.0 Å². The number of aromatic nitrogens is 1. The summed E-state index contributed by atoms with van der Waals surface area (Å²) in [6.45, 7) is 1.09. The summed E-state index contributed by atoms with van der Waals surface area (Å²) in [5, 5.41) is 2.07. The van der Waals surface area contributed by atoms with Crippen molar-refractivity contribution >= 4 is 23.2 Å². The van der Waals surface area contributed by atoms with Crippen LogP contribution in [0.5, 0.6) is 0 Å². The molecular formula is C25H27N3O2S. The molecule has 1 aliphatic rings. The number of hydrogen-bond donors (Lipinski definition) is 0. The van der Waals surface area contributed by atoms with Crippen molar-refractivity contribution in [2.45, 2.75) is 19.3 Å². The summed E-state index contributed by atoms with van der Waals surface area (Å²) in [5.41, 5.74) is 2.28. The highest BCUT2D eigenvalue weighted by molar-refractivity contribution is 7.13. The predicted molar refractivity (Wildman–Crippen MR) is 124 cm³/mol. The number of hydrogen-bond acceptors (Lipinski definition) is 4. The number of carbonyl (C=O) groups is 2. The van der Waals surface area contributed by atoms with E-state index in [1.807, 2.05) is 11.0 Å². The summed E-state index contributed by atoms with van der Waals surface area (Å²) in [6.07, 6.45) is 5.45. The van der Waals surface area contributed by atoms with E-state index in [1.54, 1.807) is 54.9 Å². The molecule has 0 unspecified atom stereocenters. The van der Waals surface area contributed by atoms with Crippen LogP contribution in [0.3, 0.4) is 0 Å². The van der Waals surface area contributed by atoms with E-state index in [0.29, 0.717) is 25.1 Å². The number of rotatable bonds is 5. The first kappa shape index (κ1) is 21.2. The van der Waals surface area contributed by atoms with Gasteiger partial charge in [0.05, 0.1) is 5.41 Å². The number of likely N-dealkylation sites (tertiary alicyclic amines) is 1. The Morgan fingerprint density at radius 3 is 2.65 bits per heavy atom. The first-order valence-corrected chi connectivity index (χ1v) is 11.4. The van der Waals surface area contributed by atoms with Crippen molar-refractivity contribution in [2.24, 2.45) is 5.41 Å². The molecular weight excluding hydrogens is 406 g/mol. The fraction of sp³-hybridized carbons (Fsp3) is 0.320. The van der Waals surface area contributed by atoms with Gasteiger partial charge in [-0.25, -0.2) is 0 Å². The third-order valence-corrected chi connectivity index (χ3v) is 6.85. The molecule has 0 bridgehead atoms. The van der Waals surface area contributed by atoms with Crippen LogP contribution in [0.1, 0.15) is 28.8 Å². The van der Waals surface area contributed by atoms with Crippen LogP contribution in [0.15, 0.2) is 66.3 Å². The summed E-state index contributed by atoms with van der Waals surface area (Å²) in [4.78, 5) is 35.3. The van der Waals surface area contributed by atoms with E-state index in [2.05, 4.69) is 40.7 Å². The van der Waals surface area contributed by atoms with Gasteiger partial charge in [-0.3, -0.25) is 14.6 Å². The standard InChI is InChI=1S/C25H27N3O2S/c1-27(2)24(30)25(17-19-6-3-7-21(16-19)22-8-4-15-31-22)11-5-14-28(18-25)23(29)20-9-12-26-13-10-20/h3-4,6-10,12-13,15-16H,5,11,14,17-18H2,1-2H3/t25-/m0/s1. The lowest BCUT2D eigenvalue weighted by Crippen LogP contribution is -2.54. The van der Waals surface area contributed by atoms with E-state index in [9.17, 15) is 9.59 Å². The smallest absolute Gasteiger partial charge is 0.253 e. The minimum atomic E-state index is -0.626. The average molecular weight is 434 g/mol.